The van der Waals surface area contributed by atoms with Gasteiger partial charge in [0.25, 0.3) is 0 Å². The standard InChI is InChI=1S/C13H12BrN3O3/c14-10-4-1-3-9(7-10)12-15-11(20-16-12)8-17-5-2-6-19-13(17)18/h1,3-4,7H,2,5-6,8H2. The Balaban J connectivity index is 1.75. The van der Waals surface area contributed by atoms with Gasteiger partial charge in [-0.1, -0.05) is 33.2 Å². The molecule has 0 spiro atoms. The molecule has 0 saturated carbocycles. The van der Waals surface area contributed by atoms with Gasteiger partial charge in [-0.25, -0.2) is 4.79 Å². The normalized spacial score (nSPS) is 15.2. The number of benzene rings is 1. The summed E-state index contributed by atoms with van der Waals surface area (Å²) in [4.78, 5) is 17.4. The highest BCUT2D eigenvalue weighted by Crippen LogP contribution is 2.21. The van der Waals surface area contributed by atoms with Gasteiger partial charge in [-0.15, -0.1) is 0 Å². The van der Waals surface area contributed by atoms with Crippen LogP contribution in [0.5, 0.6) is 0 Å². The lowest BCUT2D eigenvalue weighted by atomic mass is 10.2. The lowest BCUT2D eigenvalue weighted by molar-refractivity contribution is 0.0658. The number of amides is 1. The number of aromatic nitrogens is 2. The highest BCUT2D eigenvalue weighted by Gasteiger charge is 2.22. The summed E-state index contributed by atoms with van der Waals surface area (Å²) < 4.78 is 11.1. The minimum absolute atomic E-state index is 0.278. The monoisotopic (exact) mass is 337 g/mol. The smallest absolute Gasteiger partial charge is 0.410 e. The number of halogens is 1. The predicted molar refractivity (Wildman–Crippen MR) is 73.8 cm³/mol. The molecule has 0 N–H and O–H groups in total. The van der Waals surface area contributed by atoms with Gasteiger partial charge in [0.2, 0.25) is 11.7 Å². The quantitative estimate of drug-likeness (QED) is 0.861. The topological polar surface area (TPSA) is 68.5 Å². The molecule has 2 heterocycles. The molecule has 0 atom stereocenters. The molecule has 1 amide bonds. The third-order valence-electron chi connectivity index (χ3n) is 2.93. The van der Waals surface area contributed by atoms with Gasteiger partial charge in [-0.2, -0.15) is 4.98 Å². The third-order valence-corrected chi connectivity index (χ3v) is 3.43. The van der Waals surface area contributed by atoms with Crippen LogP contribution in [0.4, 0.5) is 4.79 Å². The number of hydrogen-bond donors (Lipinski definition) is 0. The first-order valence-corrected chi connectivity index (χ1v) is 7.02. The Morgan fingerprint density at radius 3 is 3.10 bits per heavy atom. The van der Waals surface area contributed by atoms with Gasteiger partial charge in [0.1, 0.15) is 6.54 Å². The van der Waals surface area contributed by atoms with E-state index in [1.807, 2.05) is 24.3 Å². The van der Waals surface area contributed by atoms with Crippen LogP contribution in [0.1, 0.15) is 12.3 Å². The summed E-state index contributed by atoms with van der Waals surface area (Å²) in [5.41, 5.74) is 0.857. The van der Waals surface area contributed by atoms with Crippen molar-refractivity contribution in [2.45, 2.75) is 13.0 Å². The molecular weight excluding hydrogens is 326 g/mol. The Bertz CT molecular complexity index is 629. The number of carbonyl (C=O) groups is 1. The molecule has 6 nitrogen and oxygen atoms in total. The zero-order valence-corrected chi connectivity index (χ0v) is 12.2. The van der Waals surface area contributed by atoms with Gasteiger partial charge in [-0.3, -0.25) is 4.90 Å². The van der Waals surface area contributed by atoms with Crippen molar-refractivity contribution >= 4 is 22.0 Å². The fourth-order valence-electron chi connectivity index (χ4n) is 1.97. The number of rotatable bonds is 3. The maximum absolute atomic E-state index is 11.5. The Morgan fingerprint density at radius 2 is 2.30 bits per heavy atom. The zero-order valence-electron chi connectivity index (χ0n) is 10.6. The minimum Gasteiger partial charge on any atom is -0.449 e. The Hall–Kier alpha value is -1.89. The molecular formula is C13H12BrN3O3. The summed E-state index contributed by atoms with van der Waals surface area (Å²) in [6, 6.07) is 7.63. The summed E-state index contributed by atoms with van der Waals surface area (Å²) in [7, 11) is 0. The molecule has 1 saturated heterocycles. The molecule has 2 aromatic rings. The Kier molecular flexibility index (Phi) is 3.68. The molecule has 0 aliphatic carbocycles. The van der Waals surface area contributed by atoms with Gasteiger partial charge in [0.15, 0.2) is 0 Å². The fraction of sp³-hybridized carbons (Fsp3) is 0.308. The van der Waals surface area contributed by atoms with E-state index in [1.165, 1.54) is 0 Å². The first-order valence-electron chi connectivity index (χ1n) is 6.22. The molecule has 1 aromatic heterocycles. The van der Waals surface area contributed by atoms with E-state index in [0.717, 1.165) is 16.5 Å². The molecule has 1 fully saturated rings. The van der Waals surface area contributed by atoms with Crippen LogP contribution in [-0.4, -0.2) is 34.3 Å². The third kappa shape index (κ3) is 2.82. The van der Waals surface area contributed by atoms with E-state index in [2.05, 4.69) is 26.1 Å². The van der Waals surface area contributed by atoms with Crippen LogP contribution in [0.2, 0.25) is 0 Å². The average molecular weight is 338 g/mol. The summed E-state index contributed by atoms with van der Waals surface area (Å²) in [5, 5.41) is 3.93. The van der Waals surface area contributed by atoms with Crippen LogP contribution in [0.3, 0.4) is 0 Å². The second-order valence-corrected chi connectivity index (χ2v) is 5.33. The lowest BCUT2D eigenvalue weighted by Crippen LogP contribution is -2.37. The van der Waals surface area contributed by atoms with Crippen molar-refractivity contribution in [1.82, 2.24) is 15.0 Å². The van der Waals surface area contributed by atoms with E-state index in [-0.39, 0.29) is 12.6 Å². The van der Waals surface area contributed by atoms with Gasteiger partial charge < -0.3 is 9.26 Å². The van der Waals surface area contributed by atoms with E-state index in [9.17, 15) is 4.79 Å². The second kappa shape index (κ2) is 5.62. The predicted octanol–water partition coefficient (Wildman–Crippen LogP) is 2.84. The minimum atomic E-state index is -0.335. The highest BCUT2D eigenvalue weighted by atomic mass is 79.9. The largest absolute Gasteiger partial charge is 0.449 e. The number of carbonyl (C=O) groups excluding carboxylic acids is 1. The van der Waals surface area contributed by atoms with Crippen LogP contribution in [-0.2, 0) is 11.3 Å². The Labute approximate surface area is 123 Å². The highest BCUT2D eigenvalue weighted by molar-refractivity contribution is 9.10. The van der Waals surface area contributed by atoms with Gasteiger partial charge >= 0.3 is 6.09 Å². The summed E-state index contributed by atoms with van der Waals surface area (Å²) in [6.45, 7) is 1.40. The molecule has 0 bridgehead atoms. The fourth-order valence-corrected chi connectivity index (χ4v) is 2.37. The van der Waals surface area contributed by atoms with E-state index in [1.54, 1.807) is 4.90 Å². The van der Waals surface area contributed by atoms with Crippen LogP contribution in [0.15, 0.2) is 33.3 Å². The van der Waals surface area contributed by atoms with Crippen LogP contribution in [0.25, 0.3) is 11.4 Å². The lowest BCUT2D eigenvalue weighted by Gasteiger charge is -2.24. The molecule has 104 valence electrons. The molecule has 0 unspecified atom stereocenters. The average Bonchev–Trinajstić information content (AvgIpc) is 2.90. The van der Waals surface area contributed by atoms with Crippen molar-refractivity contribution in [3.05, 3.63) is 34.6 Å². The van der Waals surface area contributed by atoms with E-state index >= 15 is 0 Å². The van der Waals surface area contributed by atoms with Crippen molar-refractivity contribution < 1.29 is 14.1 Å². The maximum Gasteiger partial charge on any atom is 0.410 e. The molecule has 0 radical (unpaired) electrons. The maximum atomic E-state index is 11.5. The van der Waals surface area contributed by atoms with E-state index in [4.69, 9.17) is 9.26 Å². The van der Waals surface area contributed by atoms with E-state index in [0.29, 0.717) is 24.9 Å². The molecule has 3 rings (SSSR count). The van der Waals surface area contributed by atoms with Crippen LogP contribution < -0.4 is 0 Å². The van der Waals surface area contributed by atoms with E-state index < -0.39 is 0 Å². The van der Waals surface area contributed by atoms with Crippen LogP contribution in [0, 0.1) is 0 Å². The first kappa shape index (κ1) is 13.1. The van der Waals surface area contributed by atoms with Gasteiger partial charge in [0, 0.05) is 16.6 Å². The summed E-state index contributed by atoms with van der Waals surface area (Å²) >= 11 is 3.40. The SMILES string of the molecule is O=C1OCCCN1Cc1nc(-c2cccc(Br)c2)no1. The summed E-state index contributed by atoms with van der Waals surface area (Å²) in [5.74, 6) is 0.908. The number of ether oxygens (including phenoxy) is 1. The zero-order chi connectivity index (χ0) is 13.9. The number of hydrogen-bond acceptors (Lipinski definition) is 5. The second-order valence-electron chi connectivity index (χ2n) is 4.41. The van der Waals surface area contributed by atoms with Crippen molar-refractivity contribution in [3.8, 4) is 11.4 Å². The first-order chi connectivity index (χ1) is 9.72. The van der Waals surface area contributed by atoms with Crippen molar-refractivity contribution in [3.63, 3.8) is 0 Å². The number of nitrogens with zero attached hydrogens (tertiary/aromatic N) is 3. The molecule has 1 aliphatic rings. The van der Waals surface area contributed by atoms with Crippen LogP contribution >= 0.6 is 15.9 Å². The molecule has 20 heavy (non-hydrogen) atoms. The van der Waals surface area contributed by atoms with Crippen molar-refractivity contribution in [1.29, 1.82) is 0 Å². The van der Waals surface area contributed by atoms with Gasteiger partial charge in [0.05, 0.1) is 6.61 Å². The Morgan fingerprint density at radius 1 is 1.40 bits per heavy atom. The summed E-state index contributed by atoms with van der Waals surface area (Å²) in [6.07, 6.45) is 0.483. The van der Waals surface area contributed by atoms with Crippen molar-refractivity contribution in [2.75, 3.05) is 13.2 Å². The van der Waals surface area contributed by atoms with Gasteiger partial charge in [-0.05, 0) is 18.6 Å². The molecule has 7 heteroatoms. The molecule has 1 aliphatic heterocycles. The van der Waals surface area contributed by atoms with Crippen molar-refractivity contribution in [2.24, 2.45) is 0 Å². The number of cyclic esters (lactones) is 1. The molecule has 1 aromatic carbocycles.